The maximum atomic E-state index is 12.3. The van der Waals surface area contributed by atoms with Crippen molar-refractivity contribution in [2.45, 2.75) is 24.8 Å². The van der Waals surface area contributed by atoms with Gasteiger partial charge in [0.1, 0.15) is 0 Å². The minimum absolute atomic E-state index is 0.150. The van der Waals surface area contributed by atoms with Crippen molar-refractivity contribution in [1.82, 2.24) is 10.3 Å². The van der Waals surface area contributed by atoms with Gasteiger partial charge in [0.25, 0.3) is 0 Å². The lowest BCUT2D eigenvalue weighted by Gasteiger charge is -2.13. The first kappa shape index (κ1) is 17.9. The van der Waals surface area contributed by atoms with Crippen LogP contribution in [-0.2, 0) is 14.6 Å². The maximum Gasteiger partial charge on any atom is 0.244 e. The normalized spacial score (nSPS) is 12.9. The van der Waals surface area contributed by atoms with Crippen molar-refractivity contribution < 1.29 is 13.2 Å². The fourth-order valence-corrected chi connectivity index (χ4v) is 3.63. The van der Waals surface area contributed by atoms with Gasteiger partial charge < -0.3 is 5.32 Å². The number of nitrogens with one attached hydrogen (secondary N) is 1. The van der Waals surface area contributed by atoms with E-state index >= 15 is 0 Å². The molecule has 0 aliphatic carbocycles. The lowest BCUT2D eigenvalue weighted by Crippen LogP contribution is -2.36. The zero-order valence-electron chi connectivity index (χ0n) is 13.6. The summed E-state index contributed by atoms with van der Waals surface area (Å²) >= 11 is 0. The highest BCUT2D eigenvalue weighted by Gasteiger charge is 2.19. The molecule has 1 heterocycles. The zero-order chi connectivity index (χ0) is 17.6. The molecule has 0 radical (unpaired) electrons. The molecule has 0 bridgehead atoms. The monoisotopic (exact) mass is 344 g/mol. The molecule has 6 heteroatoms. The summed E-state index contributed by atoms with van der Waals surface area (Å²) in [5.74, 6) is -0.492. The Morgan fingerprint density at radius 1 is 1.25 bits per heavy atom. The van der Waals surface area contributed by atoms with Crippen LogP contribution >= 0.6 is 0 Å². The number of benzene rings is 1. The summed E-state index contributed by atoms with van der Waals surface area (Å²) in [5.41, 5.74) is 1.79. The summed E-state index contributed by atoms with van der Waals surface area (Å²) in [6, 6.07) is 9.78. The van der Waals surface area contributed by atoms with E-state index in [4.69, 9.17) is 0 Å². The van der Waals surface area contributed by atoms with Crippen LogP contribution in [0.5, 0.6) is 0 Å². The van der Waals surface area contributed by atoms with Crippen LogP contribution in [-0.4, -0.2) is 31.1 Å². The average Bonchev–Trinajstić information content (AvgIpc) is 2.53. The van der Waals surface area contributed by atoms with Gasteiger partial charge in [0.2, 0.25) is 5.91 Å². The van der Waals surface area contributed by atoms with Gasteiger partial charge in [0.05, 0.1) is 10.6 Å². The Hall–Kier alpha value is -2.47. The topological polar surface area (TPSA) is 76.1 Å². The summed E-state index contributed by atoms with van der Waals surface area (Å²) in [7, 11) is -3.44. The van der Waals surface area contributed by atoms with E-state index < -0.39 is 15.9 Å². The van der Waals surface area contributed by atoms with Crippen LogP contribution in [0.2, 0.25) is 0 Å². The van der Waals surface area contributed by atoms with Gasteiger partial charge in [-0.25, -0.2) is 8.42 Å². The summed E-state index contributed by atoms with van der Waals surface area (Å²) in [6.07, 6.45) is 6.28. The molecule has 24 heavy (non-hydrogen) atoms. The third-order valence-electron chi connectivity index (χ3n) is 3.35. The molecule has 0 fully saturated rings. The molecule has 1 aromatic heterocycles. The van der Waals surface area contributed by atoms with Gasteiger partial charge in [-0.2, -0.15) is 0 Å². The molecule has 2 aromatic rings. The maximum absolute atomic E-state index is 12.3. The Bertz CT molecular complexity index is 813. The summed E-state index contributed by atoms with van der Waals surface area (Å²) < 4.78 is 24.7. The van der Waals surface area contributed by atoms with E-state index in [1.807, 2.05) is 13.0 Å². The van der Waals surface area contributed by atoms with E-state index in [9.17, 15) is 13.2 Å². The predicted molar refractivity (Wildman–Crippen MR) is 94.1 cm³/mol. The number of carbonyl (C=O) groups is 1. The first-order chi connectivity index (χ1) is 11.4. The van der Waals surface area contributed by atoms with Crippen molar-refractivity contribution in [3.8, 4) is 0 Å². The number of aryl methyl sites for hydroxylation is 1. The predicted octanol–water partition coefficient (Wildman–Crippen LogP) is 2.38. The Morgan fingerprint density at radius 3 is 2.58 bits per heavy atom. The van der Waals surface area contributed by atoms with Crippen LogP contribution in [0, 0.1) is 6.92 Å². The first-order valence-corrected chi connectivity index (χ1v) is 9.20. The van der Waals surface area contributed by atoms with E-state index in [0.29, 0.717) is 0 Å². The number of hydrogen-bond donors (Lipinski definition) is 1. The fourth-order valence-electron chi connectivity index (χ4n) is 2.15. The van der Waals surface area contributed by atoms with Crippen molar-refractivity contribution in [1.29, 1.82) is 0 Å². The highest BCUT2D eigenvalue weighted by atomic mass is 32.2. The molecule has 0 aliphatic heterocycles. The van der Waals surface area contributed by atoms with Gasteiger partial charge in [-0.15, -0.1) is 0 Å². The molecule has 1 aromatic carbocycles. The van der Waals surface area contributed by atoms with Crippen LogP contribution in [0.4, 0.5) is 0 Å². The highest BCUT2D eigenvalue weighted by molar-refractivity contribution is 7.91. The fraction of sp³-hybridized carbons (Fsp3) is 0.222. The van der Waals surface area contributed by atoms with Gasteiger partial charge in [-0.1, -0.05) is 23.8 Å². The molecule has 0 unspecified atom stereocenters. The number of hydrogen-bond acceptors (Lipinski definition) is 4. The van der Waals surface area contributed by atoms with Gasteiger partial charge in [-0.3, -0.25) is 9.78 Å². The SMILES string of the molecule is Cc1ccc(S(=O)(=O)C[C@H](C)NC(=O)/C=C/c2cccnc2)cc1. The molecule has 1 atom stereocenters. The summed E-state index contributed by atoms with van der Waals surface area (Å²) in [4.78, 5) is 16.1. The lowest BCUT2D eigenvalue weighted by atomic mass is 10.2. The van der Waals surface area contributed by atoms with Gasteiger partial charge >= 0.3 is 0 Å². The molecule has 1 amide bonds. The van der Waals surface area contributed by atoms with Crippen molar-refractivity contribution in [2.75, 3.05) is 5.75 Å². The number of sulfone groups is 1. The van der Waals surface area contributed by atoms with Gasteiger partial charge in [0.15, 0.2) is 9.84 Å². The van der Waals surface area contributed by atoms with Crippen molar-refractivity contribution in [3.63, 3.8) is 0 Å². The van der Waals surface area contributed by atoms with E-state index in [0.717, 1.165) is 11.1 Å². The largest absolute Gasteiger partial charge is 0.349 e. The molecule has 0 saturated carbocycles. The van der Waals surface area contributed by atoms with Crippen LogP contribution in [0.3, 0.4) is 0 Å². The molecule has 0 spiro atoms. The first-order valence-electron chi connectivity index (χ1n) is 7.55. The quantitative estimate of drug-likeness (QED) is 0.816. The number of carbonyl (C=O) groups excluding carboxylic acids is 1. The highest BCUT2D eigenvalue weighted by Crippen LogP contribution is 2.13. The van der Waals surface area contributed by atoms with Crippen LogP contribution in [0.1, 0.15) is 18.1 Å². The van der Waals surface area contributed by atoms with E-state index in [1.54, 1.807) is 55.7 Å². The summed E-state index contributed by atoms with van der Waals surface area (Å²) in [5, 5.41) is 2.66. The number of pyridine rings is 1. The molecule has 126 valence electrons. The van der Waals surface area contributed by atoms with E-state index in [2.05, 4.69) is 10.3 Å². The standard InChI is InChI=1S/C18H20N2O3S/c1-14-5-8-17(9-6-14)24(22,23)13-15(2)20-18(21)10-7-16-4-3-11-19-12-16/h3-12,15H,13H2,1-2H3,(H,20,21)/b10-7+/t15-/m0/s1. The molecular formula is C18H20N2O3S. The second-order valence-electron chi connectivity index (χ2n) is 5.62. The van der Waals surface area contributed by atoms with Gasteiger partial charge in [0, 0.05) is 24.5 Å². The van der Waals surface area contributed by atoms with E-state index in [1.165, 1.54) is 6.08 Å². The second-order valence-corrected chi connectivity index (χ2v) is 7.66. The van der Waals surface area contributed by atoms with Crippen LogP contribution in [0.25, 0.3) is 6.08 Å². The van der Waals surface area contributed by atoms with Gasteiger partial charge in [-0.05, 0) is 43.7 Å². The minimum Gasteiger partial charge on any atom is -0.349 e. The Morgan fingerprint density at radius 2 is 1.96 bits per heavy atom. The molecule has 0 saturated heterocycles. The average molecular weight is 344 g/mol. The van der Waals surface area contributed by atoms with Crippen LogP contribution in [0.15, 0.2) is 59.8 Å². The third-order valence-corrected chi connectivity index (χ3v) is 5.28. The molecule has 1 N–H and O–H groups in total. The van der Waals surface area contributed by atoms with E-state index in [-0.39, 0.29) is 16.6 Å². The van der Waals surface area contributed by atoms with Crippen molar-refractivity contribution in [2.24, 2.45) is 0 Å². The Kier molecular flexibility index (Phi) is 5.87. The zero-order valence-corrected chi connectivity index (χ0v) is 14.5. The van der Waals surface area contributed by atoms with Crippen LogP contribution < -0.4 is 5.32 Å². The Labute approximate surface area is 142 Å². The number of amides is 1. The molecule has 0 aliphatic rings. The molecule has 2 rings (SSSR count). The number of rotatable bonds is 6. The smallest absolute Gasteiger partial charge is 0.244 e. The summed E-state index contributed by atoms with van der Waals surface area (Å²) in [6.45, 7) is 3.56. The third kappa shape index (κ3) is 5.31. The van der Waals surface area contributed by atoms with Crippen molar-refractivity contribution >= 4 is 21.8 Å². The number of nitrogens with zero attached hydrogens (tertiary/aromatic N) is 1. The number of aromatic nitrogens is 1. The minimum atomic E-state index is -3.44. The van der Waals surface area contributed by atoms with Crippen molar-refractivity contribution in [3.05, 3.63) is 66.0 Å². The molecular weight excluding hydrogens is 324 g/mol. The lowest BCUT2D eigenvalue weighted by molar-refractivity contribution is -0.116. The Balaban J connectivity index is 1.94. The second kappa shape index (κ2) is 7.88. The molecule has 5 nitrogen and oxygen atoms in total.